The van der Waals surface area contributed by atoms with Crippen LogP contribution in [0, 0.1) is 11.3 Å². The molecule has 0 bridgehead atoms. The second kappa shape index (κ2) is 4.43. The van der Waals surface area contributed by atoms with Gasteiger partial charge in [0, 0.05) is 13.2 Å². The third-order valence-electron chi connectivity index (χ3n) is 3.12. The minimum Gasteiger partial charge on any atom is -0.396 e. The average molecular weight is 185 g/mol. The number of likely N-dealkylation sites (tertiary alicyclic amines) is 1. The van der Waals surface area contributed by atoms with Crippen LogP contribution in [0.2, 0.25) is 0 Å². The monoisotopic (exact) mass is 185 g/mol. The van der Waals surface area contributed by atoms with Crippen LogP contribution in [0.3, 0.4) is 0 Å². The summed E-state index contributed by atoms with van der Waals surface area (Å²) >= 11 is 0. The van der Waals surface area contributed by atoms with Crippen molar-refractivity contribution in [1.82, 2.24) is 4.90 Å². The van der Waals surface area contributed by atoms with Gasteiger partial charge in [-0.1, -0.05) is 20.8 Å². The van der Waals surface area contributed by atoms with E-state index < -0.39 is 0 Å². The summed E-state index contributed by atoms with van der Waals surface area (Å²) in [6.45, 7) is 10.5. The first kappa shape index (κ1) is 11.0. The summed E-state index contributed by atoms with van der Waals surface area (Å²) in [5.74, 6) is 0.422. The van der Waals surface area contributed by atoms with Crippen molar-refractivity contribution in [2.45, 2.75) is 33.6 Å². The first-order valence-electron chi connectivity index (χ1n) is 5.37. The zero-order chi connectivity index (χ0) is 9.90. The summed E-state index contributed by atoms with van der Waals surface area (Å²) < 4.78 is 0. The van der Waals surface area contributed by atoms with Gasteiger partial charge in [-0.2, -0.15) is 0 Å². The van der Waals surface area contributed by atoms with Gasteiger partial charge in [0.1, 0.15) is 0 Å². The smallest absolute Gasteiger partial charge is 0.0476 e. The molecule has 1 rings (SSSR count). The molecule has 0 amide bonds. The van der Waals surface area contributed by atoms with Crippen molar-refractivity contribution < 1.29 is 5.11 Å². The van der Waals surface area contributed by atoms with Gasteiger partial charge in [0.2, 0.25) is 0 Å². The predicted octanol–water partition coefficient (Wildman–Crippen LogP) is 1.74. The van der Waals surface area contributed by atoms with Crippen LogP contribution >= 0.6 is 0 Å². The molecule has 1 atom stereocenters. The van der Waals surface area contributed by atoms with E-state index in [1.807, 2.05) is 0 Å². The van der Waals surface area contributed by atoms with Crippen LogP contribution in [0.1, 0.15) is 33.6 Å². The molecule has 2 nitrogen and oxygen atoms in total. The minimum atomic E-state index is 0.233. The van der Waals surface area contributed by atoms with Crippen LogP contribution in [-0.4, -0.2) is 36.2 Å². The molecule has 1 saturated heterocycles. The molecule has 0 aromatic heterocycles. The van der Waals surface area contributed by atoms with Gasteiger partial charge in [-0.3, -0.25) is 0 Å². The third-order valence-corrected chi connectivity index (χ3v) is 3.12. The Balaban J connectivity index is 2.39. The number of hydrogen-bond acceptors (Lipinski definition) is 2. The lowest BCUT2D eigenvalue weighted by molar-refractivity contribution is 0.0957. The molecule has 1 fully saturated rings. The molecule has 1 aliphatic heterocycles. The Morgan fingerprint density at radius 2 is 1.77 bits per heavy atom. The zero-order valence-electron chi connectivity index (χ0n) is 9.21. The molecule has 0 aliphatic carbocycles. The highest BCUT2D eigenvalue weighted by Gasteiger charge is 2.26. The first-order chi connectivity index (χ1) is 6.04. The van der Waals surface area contributed by atoms with E-state index in [2.05, 4.69) is 25.7 Å². The second-order valence-corrected chi connectivity index (χ2v) is 5.25. The molecule has 13 heavy (non-hydrogen) atoms. The number of nitrogens with zero attached hydrogens (tertiary/aromatic N) is 1. The predicted molar refractivity (Wildman–Crippen MR) is 55.7 cm³/mol. The summed E-state index contributed by atoms with van der Waals surface area (Å²) in [6, 6.07) is 0. The zero-order valence-corrected chi connectivity index (χ0v) is 9.21. The van der Waals surface area contributed by atoms with E-state index in [-0.39, 0.29) is 5.41 Å². The maximum absolute atomic E-state index is 9.30. The highest BCUT2D eigenvalue weighted by atomic mass is 16.3. The fourth-order valence-electron chi connectivity index (χ4n) is 1.88. The Bertz CT molecular complexity index is 145. The number of aliphatic hydroxyl groups excluding tert-OH is 1. The van der Waals surface area contributed by atoms with E-state index in [1.165, 1.54) is 25.9 Å². The SMILES string of the molecule is CC(C)(C)C(CO)CN1CCCC1. The summed E-state index contributed by atoms with van der Waals surface area (Å²) in [7, 11) is 0. The largest absolute Gasteiger partial charge is 0.396 e. The van der Waals surface area contributed by atoms with Crippen LogP contribution in [0.5, 0.6) is 0 Å². The van der Waals surface area contributed by atoms with Gasteiger partial charge in [0.05, 0.1) is 0 Å². The Morgan fingerprint density at radius 1 is 1.23 bits per heavy atom. The van der Waals surface area contributed by atoms with E-state index in [4.69, 9.17) is 0 Å². The van der Waals surface area contributed by atoms with E-state index in [1.54, 1.807) is 0 Å². The Morgan fingerprint density at radius 3 is 2.15 bits per heavy atom. The normalized spacial score (nSPS) is 22.2. The summed E-state index contributed by atoms with van der Waals surface area (Å²) in [6.07, 6.45) is 2.67. The molecular formula is C11H23NO. The molecular weight excluding hydrogens is 162 g/mol. The molecule has 0 aromatic carbocycles. The highest BCUT2D eigenvalue weighted by molar-refractivity contribution is 4.78. The molecule has 0 saturated carbocycles. The second-order valence-electron chi connectivity index (χ2n) is 5.25. The van der Waals surface area contributed by atoms with Gasteiger partial charge in [-0.15, -0.1) is 0 Å². The van der Waals surface area contributed by atoms with Crippen molar-refractivity contribution in [2.24, 2.45) is 11.3 Å². The average Bonchev–Trinajstić information content (AvgIpc) is 2.49. The lowest BCUT2D eigenvalue weighted by Crippen LogP contribution is -2.36. The summed E-state index contributed by atoms with van der Waals surface area (Å²) in [5.41, 5.74) is 0.233. The van der Waals surface area contributed by atoms with Crippen molar-refractivity contribution in [3.8, 4) is 0 Å². The van der Waals surface area contributed by atoms with Crippen molar-refractivity contribution in [3.63, 3.8) is 0 Å². The lowest BCUT2D eigenvalue weighted by Gasteiger charge is -2.32. The lowest BCUT2D eigenvalue weighted by atomic mass is 9.81. The topological polar surface area (TPSA) is 23.5 Å². The van der Waals surface area contributed by atoms with Crippen LogP contribution in [0.15, 0.2) is 0 Å². The number of hydrogen-bond donors (Lipinski definition) is 1. The standard InChI is InChI=1S/C11H23NO/c1-11(2,3)10(9-13)8-12-6-4-5-7-12/h10,13H,4-9H2,1-3H3. The molecule has 0 spiro atoms. The van der Waals surface area contributed by atoms with E-state index in [0.29, 0.717) is 12.5 Å². The van der Waals surface area contributed by atoms with E-state index >= 15 is 0 Å². The van der Waals surface area contributed by atoms with Gasteiger partial charge in [-0.05, 0) is 37.3 Å². The summed E-state index contributed by atoms with van der Waals surface area (Å²) in [5, 5.41) is 9.30. The maximum Gasteiger partial charge on any atom is 0.0476 e. The van der Waals surface area contributed by atoms with Gasteiger partial charge in [0.25, 0.3) is 0 Å². The first-order valence-corrected chi connectivity index (χ1v) is 5.37. The van der Waals surface area contributed by atoms with Gasteiger partial charge in [-0.25, -0.2) is 0 Å². The Hall–Kier alpha value is -0.0800. The molecule has 1 unspecified atom stereocenters. The van der Waals surface area contributed by atoms with Crippen LogP contribution in [0.25, 0.3) is 0 Å². The fourth-order valence-corrected chi connectivity index (χ4v) is 1.88. The minimum absolute atomic E-state index is 0.233. The molecule has 0 radical (unpaired) electrons. The molecule has 78 valence electrons. The van der Waals surface area contributed by atoms with Gasteiger partial charge < -0.3 is 10.0 Å². The van der Waals surface area contributed by atoms with Crippen molar-refractivity contribution in [1.29, 1.82) is 0 Å². The molecule has 0 aromatic rings. The van der Waals surface area contributed by atoms with E-state index in [0.717, 1.165) is 6.54 Å². The van der Waals surface area contributed by atoms with Crippen LogP contribution in [-0.2, 0) is 0 Å². The quantitative estimate of drug-likeness (QED) is 0.724. The van der Waals surface area contributed by atoms with Gasteiger partial charge in [0.15, 0.2) is 0 Å². The Labute approximate surface area is 81.9 Å². The van der Waals surface area contributed by atoms with Crippen LogP contribution in [0.4, 0.5) is 0 Å². The van der Waals surface area contributed by atoms with Crippen molar-refractivity contribution in [2.75, 3.05) is 26.2 Å². The van der Waals surface area contributed by atoms with Crippen molar-refractivity contribution in [3.05, 3.63) is 0 Å². The maximum atomic E-state index is 9.30. The number of aliphatic hydroxyl groups is 1. The highest BCUT2D eigenvalue weighted by Crippen LogP contribution is 2.27. The Kier molecular flexibility index (Phi) is 3.74. The molecule has 1 N–H and O–H groups in total. The van der Waals surface area contributed by atoms with E-state index in [9.17, 15) is 5.11 Å². The number of rotatable bonds is 3. The third kappa shape index (κ3) is 3.28. The fraction of sp³-hybridized carbons (Fsp3) is 1.00. The summed E-state index contributed by atoms with van der Waals surface area (Å²) in [4.78, 5) is 2.48. The molecule has 1 aliphatic rings. The van der Waals surface area contributed by atoms with Gasteiger partial charge >= 0.3 is 0 Å². The van der Waals surface area contributed by atoms with Crippen LogP contribution < -0.4 is 0 Å². The molecule has 2 heteroatoms. The molecule has 1 heterocycles. The van der Waals surface area contributed by atoms with Crippen molar-refractivity contribution >= 4 is 0 Å².